The van der Waals surface area contributed by atoms with Gasteiger partial charge in [-0.2, -0.15) is 0 Å². The van der Waals surface area contributed by atoms with Crippen LogP contribution in [0.1, 0.15) is 27.0 Å². The fourth-order valence-corrected chi connectivity index (χ4v) is 4.63. The SMILES string of the molecule is COC(=O)c1cc2c(s1)CCN(C(C)=O)c1cccc(OCc3ccccc3)c1-2. The van der Waals surface area contributed by atoms with Gasteiger partial charge in [0.15, 0.2) is 0 Å². The normalized spacial score (nSPS) is 12.6. The lowest BCUT2D eigenvalue weighted by Crippen LogP contribution is -2.30. The van der Waals surface area contributed by atoms with Crippen LogP contribution in [0.2, 0.25) is 0 Å². The largest absolute Gasteiger partial charge is 0.488 e. The number of carbonyl (C=O) groups excluding carboxylic acids is 2. The van der Waals surface area contributed by atoms with Crippen molar-refractivity contribution in [2.75, 3.05) is 18.6 Å². The standard InChI is InChI=1S/C23H21NO4S/c1-15(25)24-12-11-20-17(13-21(29-20)23(26)27-2)22-18(24)9-6-10-19(22)28-14-16-7-4-3-5-8-16/h3-10,13H,11-12,14H2,1-2H3. The van der Waals surface area contributed by atoms with Crippen molar-refractivity contribution in [1.82, 2.24) is 0 Å². The highest BCUT2D eigenvalue weighted by molar-refractivity contribution is 7.14. The Hall–Kier alpha value is -3.12. The maximum Gasteiger partial charge on any atom is 0.348 e. The number of esters is 1. The van der Waals surface area contributed by atoms with Crippen molar-refractivity contribution in [2.24, 2.45) is 0 Å². The van der Waals surface area contributed by atoms with Crippen molar-refractivity contribution >= 4 is 28.9 Å². The summed E-state index contributed by atoms with van der Waals surface area (Å²) < 4.78 is 11.1. The fraction of sp³-hybridized carbons (Fsp3) is 0.217. The van der Waals surface area contributed by atoms with Crippen molar-refractivity contribution in [3.63, 3.8) is 0 Å². The zero-order valence-corrected chi connectivity index (χ0v) is 17.1. The van der Waals surface area contributed by atoms with Gasteiger partial charge in [-0.3, -0.25) is 4.79 Å². The highest BCUT2D eigenvalue weighted by atomic mass is 32.1. The van der Waals surface area contributed by atoms with Crippen molar-refractivity contribution in [3.8, 4) is 16.9 Å². The minimum absolute atomic E-state index is 0.0187. The third-order valence-electron chi connectivity index (χ3n) is 4.94. The average molecular weight is 407 g/mol. The van der Waals surface area contributed by atoms with E-state index >= 15 is 0 Å². The number of anilines is 1. The first-order valence-electron chi connectivity index (χ1n) is 9.37. The lowest BCUT2D eigenvalue weighted by Gasteiger charge is -2.23. The van der Waals surface area contributed by atoms with Crippen LogP contribution < -0.4 is 9.64 Å². The molecule has 0 saturated heterocycles. The van der Waals surface area contributed by atoms with Crippen LogP contribution in [0.15, 0.2) is 54.6 Å². The van der Waals surface area contributed by atoms with Crippen LogP contribution in [-0.2, 0) is 22.6 Å². The van der Waals surface area contributed by atoms with Crippen molar-refractivity contribution in [2.45, 2.75) is 20.0 Å². The maximum absolute atomic E-state index is 12.3. The number of fused-ring (bicyclic) bond motifs is 3. The molecular weight excluding hydrogens is 386 g/mol. The smallest absolute Gasteiger partial charge is 0.348 e. The van der Waals surface area contributed by atoms with E-state index in [0.29, 0.717) is 30.2 Å². The number of carbonyl (C=O) groups is 2. The molecule has 0 fully saturated rings. The molecule has 5 nitrogen and oxygen atoms in total. The first kappa shape index (κ1) is 19.2. The number of amides is 1. The first-order valence-corrected chi connectivity index (χ1v) is 10.2. The molecule has 29 heavy (non-hydrogen) atoms. The molecule has 4 rings (SSSR count). The molecule has 0 bridgehead atoms. The predicted octanol–water partition coefficient (Wildman–Crippen LogP) is 4.69. The number of methoxy groups -OCH3 is 1. The van der Waals surface area contributed by atoms with Gasteiger partial charge in [0.25, 0.3) is 0 Å². The Balaban J connectivity index is 1.81. The Morgan fingerprint density at radius 3 is 2.62 bits per heavy atom. The van der Waals surface area contributed by atoms with E-state index in [2.05, 4.69) is 0 Å². The molecule has 1 aliphatic heterocycles. The quantitative estimate of drug-likeness (QED) is 0.589. The van der Waals surface area contributed by atoms with Gasteiger partial charge >= 0.3 is 5.97 Å². The van der Waals surface area contributed by atoms with E-state index in [1.807, 2.05) is 54.6 Å². The van der Waals surface area contributed by atoms with Crippen LogP contribution >= 0.6 is 11.3 Å². The van der Waals surface area contributed by atoms with Gasteiger partial charge in [-0.25, -0.2) is 4.79 Å². The summed E-state index contributed by atoms with van der Waals surface area (Å²) in [6, 6.07) is 17.5. The van der Waals surface area contributed by atoms with Crippen LogP contribution in [-0.4, -0.2) is 25.5 Å². The summed E-state index contributed by atoms with van der Waals surface area (Å²) in [6.45, 7) is 2.54. The Kier molecular flexibility index (Phi) is 5.36. The van der Waals surface area contributed by atoms with Gasteiger partial charge in [-0.1, -0.05) is 36.4 Å². The van der Waals surface area contributed by atoms with Crippen LogP contribution in [0.4, 0.5) is 5.69 Å². The zero-order valence-electron chi connectivity index (χ0n) is 16.3. The molecule has 0 aliphatic carbocycles. The van der Waals surface area contributed by atoms with E-state index in [-0.39, 0.29) is 11.9 Å². The Morgan fingerprint density at radius 1 is 1.10 bits per heavy atom. The molecule has 0 unspecified atom stereocenters. The Bertz CT molecular complexity index is 1060. The molecule has 2 aromatic carbocycles. The van der Waals surface area contributed by atoms with E-state index in [4.69, 9.17) is 9.47 Å². The molecule has 1 amide bonds. The van der Waals surface area contributed by atoms with Gasteiger partial charge < -0.3 is 14.4 Å². The molecular formula is C23H21NO4S. The minimum Gasteiger partial charge on any atom is -0.488 e. The third kappa shape index (κ3) is 3.76. The second kappa shape index (κ2) is 8.09. The molecule has 0 N–H and O–H groups in total. The summed E-state index contributed by atoms with van der Waals surface area (Å²) in [6.07, 6.45) is 0.670. The van der Waals surface area contributed by atoms with Gasteiger partial charge in [-0.15, -0.1) is 11.3 Å². The number of ether oxygens (including phenoxy) is 2. The van der Waals surface area contributed by atoms with Crippen molar-refractivity contribution in [3.05, 3.63) is 69.9 Å². The third-order valence-corrected chi connectivity index (χ3v) is 6.11. The summed E-state index contributed by atoms with van der Waals surface area (Å²) in [4.78, 5) is 27.8. The molecule has 148 valence electrons. The van der Waals surface area contributed by atoms with Crippen molar-refractivity contribution in [1.29, 1.82) is 0 Å². The van der Waals surface area contributed by atoms with Gasteiger partial charge in [0, 0.05) is 35.9 Å². The molecule has 1 aliphatic rings. The highest BCUT2D eigenvalue weighted by Gasteiger charge is 2.28. The van der Waals surface area contributed by atoms with Gasteiger partial charge in [-0.05, 0) is 23.8 Å². The molecule has 3 aromatic rings. The van der Waals surface area contributed by atoms with Crippen LogP contribution in [0.5, 0.6) is 5.75 Å². The maximum atomic E-state index is 12.3. The molecule has 0 atom stereocenters. The Morgan fingerprint density at radius 2 is 1.90 bits per heavy atom. The first-order chi connectivity index (χ1) is 14.1. The summed E-state index contributed by atoms with van der Waals surface area (Å²) in [5, 5.41) is 0. The summed E-state index contributed by atoms with van der Waals surface area (Å²) in [5.74, 6) is 0.320. The number of nitrogens with zero attached hydrogens (tertiary/aromatic N) is 1. The van der Waals surface area contributed by atoms with E-state index in [1.54, 1.807) is 11.8 Å². The summed E-state index contributed by atoms with van der Waals surface area (Å²) in [5.41, 5.74) is 3.63. The second-order valence-electron chi connectivity index (χ2n) is 6.78. The number of hydrogen-bond donors (Lipinski definition) is 0. The zero-order chi connectivity index (χ0) is 20.4. The second-order valence-corrected chi connectivity index (χ2v) is 7.92. The number of hydrogen-bond acceptors (Lipinski definition) is 5. The van der Waals surface area contributed by atoms with Gasteiger partial charge in [0.05, 0.1) is 12.8 Å². The summed E-state index contributed by atoms with van der Waals surface area (Å²) in [7, 11) is 1.38. The van der Waals surface area contributed by atoms with Crippen molar-refractivity contribution < 1.29 is 19.1 Å². The molecule has 2 heterocycles. The van der Waals surface area contributed by atoms with Crippen LogP contribution in [0.25, 0.3) is 11.1 Å². The highest BCUT2D eigenvalue weighted by Crippen LogP contribution is 2.45. The van der Waals surface area contributed by atoms with Crippen LogP contribution in [0, 0.1) is 0 Å². The average Bonchev–Trinajstić information content (AvgIpc) is 3.09. The minimum atomic E-state index is -0.351. The fourth-order valence-electron chi connectivity index (χ4n) is 3.56. The number of thiophene rings is 1. The molecule has 0 spiro atoms. The van der Waals surface area contributed by atoms with E-state index < -0.39 is 0 Å². The summed E-state index contributed by atoms with van der Waals surface area (Å²) >= 11 is 1.41. The lowest BCUT2D eigenvalue weighted by molar-refractivity contribution is -0.116. The van der Waals surface area contributed by atoms with Gasteiger partial charge in [0.2, 0.25) is 5.91 Å². The predicted molar refractivity (Wildman–Crippen MR) is 114 cm³/mol. The molecule has 1 aromatic heterocycles. The number of rotatable bonds is 4. The molecule has 0 saturated carbocycles. The van der Waals surface area contributed by atoms with E-state index in [1.165, 1.54) is 18.4 Å². The Labute approximate surface area is 173 Å². The van der Waals surface area contributed by atoms with Crippen LogP contribution in [0.3, 0.4) is 0 Å². The molecule has 6 heteroatoms. The number of benzene rings is 2. The monoisotopic (exact) mass is 407 g/mol. The van der Waals surface area contributed by atoms with E-state index in [0.717, 1.165) is 27.3 Å². The lowest BCUT2D eigenvalue weighted by atomic mass is 10.0. The molecule has 0 radical (unpaired) electrons. The van der Waals surface area contributed by atoms with Gasteiger partial charge in [0.1, 0.15) is 17.2 Å². The topological polar surface area (TPSA) is 55.8 Å². The van der Waals surface area contributed by atoms with E-state index in [9.17, 15) is 9.59 Å².